The second-order valence-corrected chi connectivity index (χ2v) is 8.81. The molecule has 2 aromatic carbocycles. The number of oxazole rings is 1. The summed E-state index contributed by atoms with van der Waals surface area (Å²) in [6.45, 7) is 3.33. The zero-order valence-electron chi connectivity index (χ0n) is 15.6. The fourth-order valence-electron chi connectivity index (χ4n) is 3.36. The van der Waals surface area contributed by atoms with E-state index in [4.69, 9.17) is 4.42 Å². The number of halogens is 1. The van der Waals surface area contributed by atoms with Gasteiger partial charge in [0.2, 0.25) is 26.6 Å². The fourth-order valence-corrected chi connectivity index (χ4v) is 4.75. The van der Waals surface area contributed by atoms with Gasteiger partial charge in [0.05, 0.1) is 0 Å². The van der Waals surface area contributed by atoms with Crippen LogP contribution in [0.4, 0.5) is 10.3 Å². The number of hydrogen-bond acceptors (Lipinski definition) is 5. The van der Waals surface area contributed by atoms with Crippen LogP contribution in [-0.4, -0.2) is 26.5 Å². The van der Waals surface area contributed by atoms with Gasteiger partial charge >= 0.3 is 0 Å². The number of hydrogen-bond donors (Lipinski definition) is 0. The lowest BCUT2D eigenvalue weighted by Gasteiger charge is -2.26. The number of rotatable bonds is 4. The summed E-state index contributed by atoms with van der Waals surface area (Å²) in [5.74, 6) is -0.388. The van der Waals surface area contributed by atoms with Crippen LogP contribution in [0.25, 0.3) is 11.5 Å². The van der Waals surface area contributed by atoms with Crippen molar-refractivity contribution in [2.75, 3.05) is 18.0 Å². The number of sulfone groups is 1. The van der Waals surface area contributed by atoms with Crippen LogP contribution >= 0.6 is 0 Å². The van der Waals surface area contributed by atoms with Gasteiger partial charge in [-0.05, 0) is 50.5 Å². The molecule has 1 aliphatic heterocycles. The van der Waals surface area contributed by atoms with Crippen LogP contribution in [0.1, 0.15) is 24.8 Å². The molecule has 0 bridgehead atoms. The van der Waals surface area contributed by atoms with E-state index in [-0.39, 0.29) is 16.8 Å². The van der Waals surface area contributed by atoms with Crippen LogP contribution < -0.4 is 4.90 Å². The molecule has 0 radical (unpaired) electrons. The molecule has 0 saturated carbocycles. The molecule has 5 nitrogen and oxygen atoms in total. The highest BCUT2D eigenvalue weighted by atomic mass is 32.2. The van der Waals surface area contributed by atoms with Crippen molar-refractivity contribution in [2.24, 2.45) is 0 Å². The second-order valence-electron chi connectivity index (χ2n) is 6.98. The lowest BCUT2D eigenvalue weighted by molar-refractivity contribution is 0.499. The zero-order valence-corrected chi connectivity index (χ0v) is 16.4. The van der Waals surface area contributed by atoms with E-state index in [2.05, 4.69) is 4.98 Å². The van der Waals surface area contributed by atoms with Gasteiger partial charge in [-0.25, -0.2) is 12.8 Å². The largest absolute Gasteiger partial charge is 0.419 e. The third-order valence-electron chi connectivity index (χ3n) is 4.90. The number of anilines is 1. The lowest BCUT2D eigenvalue weighted by Crippen LogP contribution is -2.30. The topological polar surface area (TPSA) is 63.4 Å². The van der Waals surface area contributed by atoms with E-state index < -0.39 is 20.5 Å². The van der Waals surface area contributed by atoms with Crippen molar-refractivity contribution >= 4 is 15.7 Å². The molecule has 3 aromatic rings. The molecule has 1 saturated heterocycles. The van der Waals surface area contributed by atoms with Crippen molar-refractivity contribution in [2.45, 2.75) is 36.1 Å². The third kappa shape index (κ3) is 3.42. The Bertz CT molecular complexity index is 1090. The zero-order chi connectivity index (χ0) is 19.7. The predicted octanol–water partition coefficient (Wildman–Crippen LogP) is 4.61. The Balaban J connectivity index is 1.87. The van der Waals surface area contributed by atoms with Crippen molar-refractivity contribution in [1.29, 1.82) is 0 Å². The van der Waals surface area contributed by atoms with Gasteiger partial charge in [0.25, 0.3) is 0 Å². The van der Waals surface area contributed by atoms with Crippen LogP contribution in [0.3, 0.4) is 0 Å². The molecule has 0 unspecified atom stereocenters. The minimum absolute atomic E-state index is 0.193. The van der Waals surface area contributed by atoms with Crippen LogP contribution in [0.2, 0.25) is 0 Å². The third-order valence-corrected chi connectivity index (χ3v) is 6.59. The summed E-state index contributed by atoms with van der Waals surface area (Å²) >= 11 is 0. The van der Waals surface area contributed by atoms with Crippen molar-refractivity contribution in [3.8, 4) is 11.5 Å². The molecule has 1 aromatic heterocycles. The number of piperidine rings is 1. The Kier molecular flexibility index (Phi) is 4.93. The molecular formula is C21H21FN2O3S. The minimum atomic E-state index is -4.17. The summed E-state index contributed by atoms with van der Waals surface area (Å²) in [6, 6.07) is 12.8. The molecule has 7 heteroatoms. The standard InChI is InChI=1S/C21H21FN2O3S/c1-15-9-11-16(12-10-15)19-23-20(21(27-19)24-13-5-2-6-14-24)28(25,26)18-8-4-3-7-17(18)22/h3-4,7-12H,2,5-6,13-14H2,1H3. The molecule has 1 fully saturated rings. The Labute approximate surface area is 163 Å². The summed E-state index contributed by atoms with van der Waals surface area (Å²) in [7, 11) is -4.17. The summed E-state index contributed by atoms with van der Waals surface area (Å²) in [5.41, 5.74) is 1.75. The predicted molar refractivity (Wildman–Crippen MR) is 105 cm³/mol. The average molecular weight is 400 g/mol. The first-order valence-corrected chi connectivity index (χ1v) is 10.8. The Morgan fingerprint density at radius 3 is 2.36 bits per heavy atom. The fraction of sp³-hybridized carbons (Fsp3) is 0.286. The van der Waals surface area contributed by atoms with Gasteiger partial charge in [-0.2, -0.15) is 4.98 Å². The second kappa shape index (κ2) is 7.39. The maximum atomic E-state index is 14.3. The molecule has 0 amide bonds. The van der Waals surface area contributed by atoms with Crippen molar-refractivity contribution in [1.82, 2.24) is 4.98 Å². The molecule has 4 rings (SSSR count). The van der Waals surface area contributed by atoms with E-state index in [1.807, 2.05) is 36.1 Å². The smallest absolute Gasteiger partial charge is 0.236 e. The van der Waals surface area contributed by atoms with Crippen LogP contribution in [0.15, 0.2) is 62.9 Å². The van der Waals surface area contributed by atoms with E-state index in [0.717, 1.165) is 30.9 Å². The van der Waals surface area contributed by atoms with Gasteiger partial charge in [-0.3, -0.25) is 0 Å². The summed E-state index contributed by atoms with van der Waals surface area (Å²) in [6.07, 6.45) is 2.98. The monoisotopic (exact) mass is 400 g/mol. The van der Waals surface area contributed by atoms with Crippen molar-refractivity contribution in [3.63, 3.8) is 0 Å². The quantitative estimate of drug-likeness (QED) is 0.640. The molecule has 146 valence electrons. The Morgan fingerprint density at radius 1 is 1.00 bits per heavy atom. The lowest BCUT2D eigenvalue weighted by atomic mass is 10.1. The Morgan fingerprint density at radius 2 is 1.68 bits per heavy atom. The van der Waals surface area contributed by atoms with Crippen molar-refractivity contribution < 1.29 is 17.2 Å². The number of aromatic nitrogens is 1. The first-order valence-electron chi connectivity index (χ1n) is 9.29. The minimum Gasteiger partial charge on any atom is -0.419 e. The van der Waals surface area contributed by atoms with E-state index in [1.165, 1.54) is 18.2 Å². The van der Waals surface area contributed by atoms with E-state index in [1.54, 1.807) is 0 Å². The highest BCUT2D eigenvalue weighted by Gasteiger charge is 2.33. The summed E-state index contributed by atoms with van der Waals surface area (Å²) < 4.78 is 46.7. The summed E-state index contributed by atoms with van der Waals surface area (Å²) in [4.78, 5) is 5.81. The number of aryl methyl sites for hydroxylation is 1. The van der Waals surface area contributed by atoms with Crippen LogP contribution in [0, 0.1) is 12.7 Å². The van der Waals surface area contributed by atoms with Gasteiger partial charge in [0.15, 0.2) is 0 Å². The van der Waals surface area contributed by atoms with E-state index in [0.29, 0.717) is 18.7 Å². The molecule has 28 heavy (non-hydrogen) atoms. The molecular weight excluding hydrogens is 379 g/mol. The molecule has 0 aliphatic carbocycles. The average Bonchev–Trinajstić information content (AvgIpc) is 3.16. The maximum Gasteiger partial charge on any atom is 0.236 e. The normalized spacial score (nSPS) is 15.0. The van der Waals surface area contributed by atoms with Gasteiger partial charge in [0.1, 0.15) is 10.7 Å². The van der Waals surface area contributed by atoms with Gasteiger partial charge in [-0.15, -0.1) is 0 Å². The van der Waals surface area contributed by atoms with Crippen LogP contribution in [0.5, 0.6) is 0 Å². The first-order chi connectivity index (χ1) is 13.5. The molecule has 0 N–H and O–H groups in total. The highest BCUT2D eigenvalue weighted by Crippen LogP contribution is 2.36. The van der Waals surface area contributed by atoms with Crippen molar-refractivity contribution in [3.05, 3.63) is 59.9 Å². The maximum absolute atomic E-state index is 14.3. The summed E-state index contributed by atoms with van der Waals surface area (Å²) in [5, 5.41) is -0.227. The molecule has 0 spiro atoms. The van der Waals surface area contributed by atoms with E-state index in [9.17, 15) is 12.8 Å². The van der Waals surface area contributed by atoms with Crippen LogP contribution in [-0.2, 0) is 9.84 Å². The van der Waals surface area contributed by atoms with Gasteiger partial charge in [0, 0.05) is 18.7 Å². The highest BCUT2D eigenvalue weighted by molar-refractivity contribution is 7.91. The van der Waals surface area contributed by atoms with E-state index >= 15 is 0 Å². The number of nitrogens with zero attached hydrogens (tertiary/aromatic N) is 2. The Hall–Kier alpha value is -2.67. The molecule has 2 heterocycles. The number of benzene rings is 2. The van der Waals surface area contributed by atoms with Gasteiger partial charge < -0.3 is 9.32 Å². The molecule has 1 aliphatic rings. The SMILES string of the molecule is Cc1ccc(-c2nc(S(=O)(=O)c3ccccc3F)c(N3CCCCC3)o2)cc1. The first kappa shape index (κ1) is 18.7. The van der Waals surface area contributed by atoms with Gasteiger partial charge in [-0.1, -0.05) is 29.8 Å². The molecule has 0 atom stereocenters.